The molecule has 0 saturated carbocycles. The van der Waals surface area contributed by atoms with Gasteiger partial charge in [-0.3, -0.25) is 0 Å². The molecular weight excluding hydrogens is 140 g/mol. The SMILES string of the molecule is CCCCCS(=O)(=O)[O-]. The van der Waals surface area contributed by atoms with E-state index >= 15 is 0 Å². The second-order valence-electron chi connectivity index (χ2n) is 1.97. The molecule has 4 heteroatoms. The maximum Gasteiger partial charge on any atom is 0.0945 e. The number of hydrogen-bond acceptors (Lipinski definition) is 3. The Kier molecular flexibility index (Phi) is 3.81. The summed E-state index contributed by atoms with van der Waals surface area (Å²) in [5.74, 6) is -0.208. The molecule has 0 radical (unpaired) electrons. The average Bonchev–Trinajstić information content (AvgIpc) is 1.63. The lowest BCUT2D eigenvalue weighted by atomic mass is 10.3. The van der Waals surface area contributed by atoms with Crippen LogP contribution < -0.4 is 0 Å². The maximum atomic E-state index is 9.95. The summed E-state index contributed by atoms with van der Waals surface area (Å²) in [4.78, 5) is 0. The first-order valence-corrected chi connectivity index (χ1v) is 4.57. The van der Waals surface area contributed by atoms with Crippen LogP contribution in [0, 0.1) is 0 Å². The fourth-order valence-corrected chi connectivity index (χ4v) is 1.09. The Balaban J connectivity index is 3.30. The Morgan fingerprint density at radius 2 is 1.89 bits per heavy atom. The van der Waals surface area contributed by atoms with Crippen molar-refractivity contribution in [1.29, 1.82) is 0 Å². The molecule has 0 heterocycles. The Labute approximate surface area is 55.8 Å². The van der Waals surface area contributed by atoms with Gasteiger partial charge in [-0.15, -0.1) is 0 Å². The van der Waals surface area contributed by atoms with Gasteiger partial charge in [0.15, 0.2) is 0 Å². The van der Waals surface area contributed by atoms with Crippen LogP contribution in [0.4, 0.5) is 0 Å². The van der Waals surface area contributed by atoms with Crippen molar-refractivity contribution >= 4 is 10.1 Å². The van der Waals surface area contributed by atoms with Gasteiger partial charge in [0.2, 0.25) is 0 Å². The van der Waals surface area contributed by atoms with Crippen LogP contribution in [-0.4, -0.2) is 18.7 Å². The van der Waals surface area contributed by atoms with Crippen molar-refractivity contribution in [1.82, 2.24) is 0 Å². The fourth-order valence-electron chi connectivity index (χ4n) is 0.529. The third-order valence-electron chi connectivity index (χ3n) is 0.998. The Bertz CT molecular complexity index is 148. The molecule has 0 aromatic carbocycles. The smallest absolute Gasteiger partial charge is 0.0945 e. The lowest BCUT2D eigenvalue weighted by molar-refractivity contribution is 0.460. The molecule has 3 nitrogen and oxygen atoms in total. The summed E-state index contributed by atoms with van der Waals surface area (Å²) < 4.78 is 29.9. The zero-order chi connectivity index (χ0) is 7.33. The molecule has 0 aliphatic carbocycles. The van der Waals surface area contributed by atoms with Crippen LogP contribution >= 0.6 is 0 Å². The topological polar surface area (TPSA) is 57.2 Å². The van der Waals surface area contributed by atoms with E-state index in [2.05, 4.69) is 0 Å². The molecule has 0 aliphatic heterocycles. The fraction of sp³-hybridized carbons (Fsp3) is 1.00. The first-order valence-electron chi connectivity index (χ1n) is 3.00. The van der Waals surface area contributed by atoms with Gasteiger partial charge in [0.05, 0.1) is 10.1 Å². The zero-order valence-corrected chi connectivity index (χ0v) is 6.28. The normalized spacial score (nSPS) is 11.8. The third-order valence-corrected chi connectivity index (χ3v) is 1.79. The molecule has 0 aromatic heterocycles. The van der Waals surface area contributed by atoms with Gasteiger partial charge in [-0.25, -0.2) is 8.42 Å². The van der Waals surface area contributed by atoms with Crippen molar-refractivity contribution < 1.29 is 13.0 Å². The van der Waals surface area contributed by atoms with Gasteiger partial charge in [-0.05, 0) is 6.42 Å². The Morgan fingerprint density at radius 3 is 2.22 bits per heavy atom. The van der Waals surface area contributed by atoms with E-state index < -0.39 is 10.1 Å². The van der Waals surface area contributed by atoms with Crippen LogP contribution in [0.15, 0.2) is 0 Å². The minimum atomic E-state index is -3.95. The van der Waals surface area contributed by atoms with Crippen LogP contribution in [0.3, 0.4) is 0 Å². The van der Waals surface area contributed by atoms with Crippen molar-refractivity contribution in [3.63, 3.8) is 0 Å². The second-order valence-corrected chi connectivity index (χ2v) is 3.49. The van der Waals surface area contributed by atoms with Crippen molar-refractivity contribution in [3.05, 3.63) is 0 Å². The molecule has 0 fully saturated rings. The summed E-state index contributed by atoms with van der Waals surface area (Å²) >= 11 is 0. The zero-order valence-electron chi connectivity index (χ0n) is 5.46. The van der Waals surface area contributed by atoms with Crippen LogP contribution in [0.25, 0.3) is 0 Å². The number of rotatable bonds is 4. The Hall–Kier alpha value is -0.0900. The van der Waals surface area contributed by atoms with E-state index in [9.17, 15) is 13.0 Å². The predicted octanol–water partition coefficient (Wildman–Crippen LogP) is 0.722. The lowest BCUT2D eigenvalue weighted by Gasteiger charge is -2.03. The minimum absolute atomic E-state index is 0.208. The highest BCUT2D eigenvalue weighted by Crippen LogP contribution is 1.96. The molecule has 0 unspecified atom stereocenters. The summed E-state index contributed by atoms with van der Waals surface area (Å²) in [6.45, 7) is 1.96. The van der Waals surface area contributed by atoms with E-state index in [4.69, 9.17) is 0 Å². The van der Waals surface area contributed by atoms with E-state index in [0.717, 1.165) is 12.8 Å². The molecule has 0 rings (SSSR count). The molecule has 0 spiro atoms. The highest BCUT2D eigenvalue weighted by atomic mass is 32.2. The molecule has 56 valence electrons. The van der Waals surface area contributed by atoms with Crippen LogP contribution in [-0.2, 0) is 10.1 Å². The molecule has 0 bridgehead atoms. The summed E-state index contributed by atoms with van der Waals surface area (Å²) in [6, 6.07) is 0. The van der Waals surface area contributed by atoms with Gasteiger partial charge in [-0.2, -0.15) is 0 Å². The van der Waals surface area contributed by atoms with Gasteiger partial charge in [0.25, 0.3) is 0 Å². The lowest BCUT2D eigenvalue weighted by Crippen LogP contribution is -2.03. The second kappa shape index (κ2) is 3.85. The standard InChI is InChI=1S/C5H12O3S/c1-2-3-4-5-9(6,7)8/h2-5H2,1H3,(H,6,7,8)/p-1. The van der Waals surface area contributed by atoms with Gasteiger partial charge >= 0.3 is 0 Å². The van der Waals surface area contributed by atoms with Crippen LogP contribution in [0.2, 0.25) is 0 Å². The third kappa shape index (κ3) is 7.91. The molecule has 0 amide bonds. The van der Waals surface area contributed by atoms with Gasteiger partial charge in [-0.1, -0.05) is 19.8 Å². The first kappa shape index (κ1) is 8.91. The van der Waals surface area contributed by atoms with E-state index in [0.29, 0.717) is 6.42 Å². The highest BCUT2D eigenvalue weighted by Gasteiger charge is 1.92. The van der Waals surface area contributed by atoms with Crippen molar-refractivity contribution in [2.45, 2.75) is 26.2 Å². The van der Waals surface area contributed by atoms with Gasteiger partial charge in [0, 0.05) is 5.75 Å². The molecule has 0 saturated heterocycles. The minimum Gasteiger partial charge on any atom is -0.748 e. The maximum absolute atomic E-state index is 9.95. The van der Waals surface area contributed by atoms with E-state index in [1.807, 2.05) is 6.92 Å². The van der Waals surface area contributed by atoms with Crippen molar-refractivity contribution in [3.8, 4) is 0 Å². The average molecular weight is 151 g/mol. The van der Waals surface area contributed by atoms with E-state index in [1.165, 1.54) is 0 Å². The van der Waals surface area contributed by atoms with Crippen molar-refractivity contribution in [2.75, 3.05) is 5.75 Å². The summed E-state index contributed by atoms with van der Waals surface area (Å²) in [7, 11) is -3.95. The first-order chi connectivity index (χ1) is 4.06. The number of unbranched alkanes of at least 4 members (excludes halogenated alkanes) is 2. The van der Waals surface area contributed by atoms with Gasteiger partial charge < -0.3 is 4.55 Å². The predicted molar refractivity (Wildman–Crippen MR) is 34.1 cm³/mol. The molecular formula is C5H11O3S-. The van der Waals surface area contributed by atoms with E-state index in [1.54, 1.807) is 0 Å². The summed E-state index contributed by atoms with van der Waals surface area (Å²) in [5.41, 5.74) is 0. The highest BCUT2D eigenvalue weighted by molar-refractivity contribution is 7.85. The number of hydrogen-bond donors (Lipinski definition) is 0. The van der Waals surface area contributed by atoms with Crippen LogP contribution in [0.5, 0.6) is 0 Å². The molecule has 0 N–H and O–H groups in total. The van der Waals surface area contributed by atoms with Gasteiger partial charge in [0.1, 0.15) is 0 Å². The van der Waals surface area contributed by atoms with Crippen LogP contribution in [0.1, 0.15) is 26.2 Å². The van der Waals surface area contributed by atoms with Crippen molar-refractivity contribution in [2.24, 2.45) is 0 Å². The molecule has 0 aromatic rings. The van der Waals surface area contributed by atoms with E-state index in [-0.39, 0.29) is 5.75 Å². The molecule has 9 heavy (non-hydrogen) atoms. The quantitative estimate of drug-likeness (QED) is 0.439. The molecule has 0 aliphatic rings. The summed E-state index contributed by atoms with van der Waals surface area (Å²) in [5, 5.41) is 0. The monoisotopic (exact) mass is 151 g/mol. The summed E-state index contributed by atoms with van der Waals surface area (Å²) in [6.07, 6.45) is 2.26. The molecule has 0 atom stereocenters. The Morgan fingerprint density at radius 1 is 1.33 bits per heavy atom. The largest absolute Gasteiger partial charge is 0.748 e.